The number of nitrogens with one attached hydrogen (secondary N) is 2. The van der Waals surface area contributed by atoms with Crippen LogP contribution in [0.4, 0.5) is 23.0 Å². The van der Waals surface area contributed by atoms with Crippen LogP contribution in [0.5, 0.6) is 0 Å². The van der Waals surface area contributed by atoms with Gasteiger partial charge in [-0.25, -0.2) is 14.3 Å². The molecule has 10 nitrogen and oxygen atoms in total. The van der Waals surface area contributed by atoms with Crippen LogP contribution in [0.2, 0.25) is 0 Å². The molecule has 0 fully saturated rings. The fourth-order valence-electron chi connectivity index (χ4n) is 4.44. The van der Waals surface area contributed by atoms with Crippen LogP contribution in [-0.2, 0) is 4.79 Å². The van der Waals surface area contributed by atoms with Gasteiger partial charge in [0.15, 0.2) is 0 Å². The van der Waals surface area contributed by atoms with E-state index in [4.69, 9.17) is 0 Å². The van der Waals surface area contributed by atoms with Crippen molar-refractivity contribution in [2.45, 2.75) is 26.8 Å². The van der Waals surface area contributed by atoms with Crippen LogP contribution in [0.15, 0.2) is 66.1 Å². The van der Waals surface area contributed by atoms with E-state index in [1.165, 1.54) is 6.08 Å². The van der Waals surface area contributed by atoms with Crippen molar-refractivity contribution in [3.05, 3.63) is 77.4 Å². The third-order valence-electron chi connectivity index (χ3n) is 6.49. The van der Waals surface area contributed by atoms with Gasteiger partial charge in [0.1, 0.15) is 5.82 Å². The van der Waals surface area contributed by atoms with Crippen molar-refractivity contribution in [1.29, 1.82) is 0 Å². The van der Waals surface area contributed by atoms with E-state index in [1.54, 1.807) is 21.4 Å². The number of hydrogen-bond acceptors (Lipinski definition) is 7. The van der Waals surface area contributed by atoms with Gasteiger partial charge in [-0.2, -0.15) is 4.98 Å². The average molecular weight is 529 g/mol. The molecule has 4 aromatic rings. The maximum absolute atomic E-state index is 13.4. The van der Waals surface area contributed by atoms with Crippen LogP contribution in [0.1, 0.15) is 25.5 Å². The van der Waals surface area contributed by atoms with Gasteiger partial charge in [-0.3, -0.25) is 9.36 Å². The van der Waals surface area contributed by atoms with Gasteiger partial charge in [-0.05, 0) is 70.8 Å². The monoisotopic (exact) mass is 528 g/mol. The highest BCUT2D eigenvalue weighted by Crippen LogP contribution is 2.33. The standard InChI is InChI=1S/C29H36N8O2/c1-8-27(38)31-22-18-21(20(4)17-25(22)35(7)16-15-34(5)6)32-28-30-14-13-26(33-28)37-24-12-10-9-11-23(24)36(19(2)3)29(37)39/h8-14,17-19H,1,15-16H2,2-7H3,(H,31,38)(H,30,32,33). The molecule has 0 spiro atoms. The number of likely N-dealkylation sites (N-methyl/N-ethyl adjacent to an activating group) is 2. The van der Waals surface area contributed by atoms with Crippen molar-refractivity contribution < 1.29 is 4.79 Å². The van der Waals surface area contributed by atoms with E-state index in [1.807, 2.05) is 78.3 Å². The summed E-state index contributed by atoms with van der Waals surface area (Å²) in [5.74, 6) is 0.496. The molecule has 0 unspecified atom stereocenters. The molecule has 2 N–H and O–H groups in total. The summed E-state index contributed by atoms with van der Waals surface area (Å²) in [4.78, 5) is 38.9. The van der Waals surface area contributed by atoms with Crippen LogP contribution in [0.25, 0.3) is 16.9 Å². The van der Waals surface area contributed by atoms with Gasteiger partial charge in [-0.1, -0.05) is 18.7 Å². The molecule has 2 heterocycles. The van der Waals surface area contributed by atoms with Gasteiger partial charge in [0.25, 0.3) is 0 Å². The van der Waals surface area contributed by atoms with Crippen LogP contribution >= 0.6 is 0 Å². The Morgan fingerprint density at radius 2 is 1.79 bits per heavy atom. The SMILES string of the molecule is C=CC(=O)Nc1cc(Nc2nccc(-n3c(=O)n(C(C)C)c4ccccc43)n2)c(C)cc1N(C)CCN(C)C. The molecule has 2 aromatic carbocycles. The second-order valence-electron chi connectivity index (χ2n) is 10.0. The van der Waals surface area contributed by atoms with E-state index in [0.717, 1.165) is 41.1 Å². The molecule has 4 rings (SSSR count). The number of carbonyl (C=O) groups is 1. The van der Waals surface area contributed by atoms with E-state index < -0.39 is 0 Å². The van der Waals surface area contributed by atoms with E-state index in [0.29, 0.717) is 17.5 Å². The highest BCUT2D eigenvalue weighted by Gasteiger charge is 2.18. The quantitative estimate of drug-likeness (QED) is 0.295. The number of aromatic nitrogens is 4. The largest absolute Gasteiger partial charge is 0.372 e. The van der Waals surface area contributed by atoms with Crippen molar-refractivity contribution in [3.63, 3.8) is 0 Å². The fraction of sp³-hybridized carbons (Fsp3) is 0.310. The number of carbonyl (C=O) groups excluding carboxylic acids is 1. The van der Waals surface area contributed by atoms with Gasteiger partial charge in [-0.15, -0.1) is 0 Å². The second kappa shape index (κ2) is 11.5. The Hall–Kier alpha value is -4.44. The summed E-state index contributed by atoms with van der Waals surface area (Å²) in [5.41, 5.74) is 4.66. The molecule has 2 aromatic heterocycles. The minimum absolute atomic E-state index is 0.00991. The lowest BCUT2D eigenvalue weighted by atomic mass is 10.1. The number of para-hydroxylation sites is 2. The smallest absolute Gasteiger partial charge is 0.335 e. The Labute approximate surface area is 228 Å². The van der Waals surface area contributed by atoms with Gasteiger partial charge in [0.2, 0.25) is 11.9 Å². The number of anilines is 4. The number of fused-ring (bicyclic) bond motifs is 1. The molecule has 0 atom stereocenters. The molecular formula is C29H36N8O2. The molecule has 0 bridgehead atoms. The molecule has 204 valence electrons. The Morgan fingerprint density at radius 1 is 1.08 bits per heavy atom. The third kappa shape index (κ3) is 5.85. The van der Waals surface area contributed by atoms with Gasteiger partial charge in [0, 0.05) is 44.1 Å². The summed E-state index contributed by atoms with van der Waals surface area (Å²) in [6.45, 7) is 11.2. The Kier molecular flexibility index (Phi) is 8.15. The number of benzene rings is 2. The third-order valence-corrected chi connectivity index (χ3v) is 6.49. The van der Waals surface area contributed by atoms with Crippen molar-refractivity contribution in [2.75, 3.05) is 49.8 Å². The molecule has 0 saturated carbocycles. The van der Waals surface area contributed by atoms with Gasteiger partial charge in [0.05, 0.1) is 22.4 Å². The van der Waals surface area contributed by atoms with Crippen LogP contribution < -0.4 is 21.2 Å². The zero-order chi connectivity index (χ0) is 28.3. The average Bonchev–Trinajstić information content (AvgIpc) is 3.20. The van der Waals surface area contributed by atoms with Crippen LogP contribution in [0, 0.1) is 6.92 Å². The lowest BCUT2D eigenvalue weighted by Crippen LogP contribution is -2.29. The second-order valence-corrected chi connectivity index (χ2v) is 10.0. The summed E-state index contributed by atoms with van der Waals surface area (Å²) in [6, 6.07) is 13.3. The lowest BCUT2D eigenvalue weighted by Gasteiger charge is -2.25. The lowest BCUT2D eigenvalue weighted by molar-refractivity contribution is -0.111. The summed E-state index contributed by atoms with van der Waals surface area (Å²) in [6.07, 6.45) is 2.87. The van der Waals surface area contributed by atoms with E-state index in [2.05, 4.69) is 37.0 Å². The summed E-state index contributed by atoms with van der Waals surface area (Å²) in [5, 5.41) is 6.20. The van der Waals surface area contributed by atoms with Gasteiger partial charge < -0.3 is 20.4 Å². The van der Waals surface area contributed by atoms with Gasteiger partial charge >= 0.3 is 5.69 Å². The number of hydrogen-bond donors (Lipinski definition) is 2. The van der Waals surface area contributed by atoms with Crippen molar-refractivity contribution in [2.24, 2.45) is 0 Å². The highest BCUT2D eigenvalue weighted by molar-refractivity contribution is 6.02. The van der Waals surface area contributed by atoms with E-state index >= 15 is 0 Å². The van der Waals surface area contributed by atoms with Crippen LogP contribution in [0.3, 0.4) is 0 Å². The molecule has 0 aliphatic carbocycles. The topological polar surface area (TPSA) is 100 Å². The summed E-state index contributed by atoms with van der Waals surface area (Å²) < 4.78 is 3.36. The fourth-order valence-corrected chi connectivity index (χ4v) is 4.44. The van der Waals surface area contributed by atoms with Crippen molar-refractivity contribution in [1.82, 2.24) is 24.0 Å². The molecule has 39 heavy (non-hydrogen) atoms. The first-order valence-corrected chi connectivity index (χ1v) is 12.9. The maximum Gasteiger partial charge on any atom is 0.335 e. The number of amides is 1. The first kappa shape index (κ1) is 27.6. The number of rotatable bonds is 10. The van der Waals surface area contributed by atoms with Crippen LogP contribution in [-0.4, -0.2) is 64.1 Å². The van der Waals surface area contributed by atoms with E-state index in [-0.39, 0.29) is 17.6 Å². The zero-order valence-corrected chi connectivity index (χ0v) is 23.4. The molecule has 0 aliphatic rings. The first-order valence-electron chi connectivity index (χ1n) is 12.9. The maximum atomic E-state index is 13.4. The first-order chi connectivity index (χ1) is 18.6. The summed E-state index contributed by atoms with van der Waals surface area (Å²) >= 11 is 0. The van der Waals surface area contributed by atoms with Crippen molar-refractivity contribution in [3.8, 4) is 5.82 Å². The molecule has 0 aliphatic heterocycles. The molecule has 0 saturated heterocycles. The predicted octanol–water partition coefficient (Wildman–Crippen LogP) is 4.34. The Bertz CT molecular complexity index is 1570. The summed E-state index contributed by atoms with van der Waals surface area (Å²) in [7, 11) is 6.04. The number of imidazole rings is 1. The number of aryl methyl sites for hydroxylation is 1. The molecule has 10 heteroatoms. The molecule has 1 amide bonds. The number of nitrogens with zero attached hydrogens (tertiary/aromatic N) is 6. The minimum Gasteiger partial charge on any atom is -0.372 e. The van der Waals surface area contributed by atoms with E-state index in [9.17, 15) is 9.59 Å². The Balaban J connectivity index is 1.73. The minimum atomic E-state index is -0.300. The Morgan fingerprint density at radius 3 is 2.46 bits per heavy atom. The molecule has 0 radical (unpaired) electrons. The molecular weight excluding hydrogens is 492 g/mol. The zero-order valence-electron chi connectivity index (χ0n) is 23.4. The highest BCUT2D eigenvalue weighted by atomic mass is 16.2. The predicted molar refractivity (Wildman–Crippen MR) is 159 cm³/mol. The van der Waals surface area contributed by atoms with Crippen molar-refractivity contribution >= 4 is 40.0 Å². The normalized spacial score (nSPS) is 11.3.